The molecule has 2 atom stereocenters. The van der Waals surface area contributed by atoms with E-state index in [0.717, 1.165) is 0 Å². The van der Waals surface area contributed by atoms with E-state index in [9.17, 15) is 4.79 Å². The molecule has 2 nitrogen and oxygen atoms in total. The second-order valence-electron chi connectivity index (χ2n) is 4.97. The lowest BCUT2D eigenvalue weighted by Gasteiger charge is -2.05. The highest BCUT2D eigenvalue weighted by Crippen LogP contribution is 2.64. The lowest BCUT2D eigenvalue weighted by molar-refractivity contribution is -0.139. The summed E-state index contributed by atoms with van der Waals surface area (Å²) in [4.78, 5) is 11.1. The molecule has 0 unspecified atom stereocenters. The average Bonchev–Trinajstić information content (AvgIpc) is 2.70. The molecule has 15 heavy (non-hydrogen) atoms. The molecule has 1 N–H and O–H groups in total. The van der Waals surface area contributed by atoms with E-state index in [4.69, 9.17) is 5.11 Å². The quantitative estimate of drug-likeness (QED) is 0.804. The fourth-order valence-electron chi connectivity index (χ4n) is 2.61. The summed E-state index contributed by atoms with van der Waals surface area (Å²) < 4.78 is 0. The summed E-state index contributed by atoms with van der Waals surface area (Å²) in [5, 5.41) is 9.11. The lowest BCUT2D eigenvalue weighted by atomic mass is 9.99. The molecule has 0 amide bonds. The highest BCUT2D eigenvalue weighted by molar-refractivity contribution is 5.77. The van der Waals surface area contributed by atoms with Crippen LogP contribution in [0, 0.1) is 18.3 Å². The molecule has 1 aromatic carbocycles. The molecule has 1 saturated carbocycles. The fourth-order valence-corrected chi connectivity index (χ4v) is 2.61. The Morgan fingerprint density at radius 3 is 2.40 bits per heavy atom. The predicted molar refractivity (Wildman–Crippen MR) is 58.8 cm³/mol. The molecule has 1 aliphatic rings. The van der Waals surface area contributed by atoms with E-state index < -0.39 is 5.97 Å². The number of hydrogen-bond acceptors (Lipinski definition) is 1. The second-order valence-corrected chi connectivity index (χ2v) is 4.97. The molecule has 1 aromatic rings. The van der Waals surface area contributed by atoms with Gasteiger partial charge in [-0.2, -0.15) is 0 Å². The smallest absolute Gasteiger partial charge is 0.307 e. The molecule has 0 spiro atoms. The minimum absolute atomic E-state index is 0.0993. The number of rotatable bonds is 2. The van der Waals surface area contributed by atoms with E-state index in [2.05, 4.69) is 0 Å². The van der Waals surface area contributed by atoms with Crippen LogP contribution in [0.25, 0.3) is 0 Å². The molecule has 0 bridgehead atoms. The Labute approximate surface area is 89.9 Å². The zero-order valence-corrected chi connectivity index (χ0v) is 9.32. The maximum Gasteiger partial charge on any atom is 0.307 e. The summed E-state index contributed by atoms with van der Waals surface area (Å²) in [5.41, 5.74) is 2.28. The first kappa shape index (κ1) is 10.2. The molecular formula is C13H16O2. The van der Waals surface area contributed by atoms with Crippen molar-refractivity contribution in [3.63, 3.8) is 0 Å². The minimum Gasteiger partial charge on any atom is -0.481 e. The van der Waals surface area contributed by atoms with Crippen molar-refractivity contribution in [1.82, 2.24) is 0 Å². The number of carboxylic acids is 1. The van der Waals surface area contributed by atoms with E-state index in [1.165, 1.54) is 11.1 Å². The Morgan fingerprint density at radius 1 is 1.33 bits per heavy atom. The van der Waals surface area contributed by atoms with Crippen LogP contribution in [0.1, 0.15) is 30.9 Å². The van der Waals surface area contributed by atoms with Crippen molar-refractivity contribution < 1.29 is 9.90 Å². The third-order valence-electron chi connectivity index (χ3n) is 3.62. The van der Waals surface area contributed by atoms with Crippen LogP contribution in [-0.2, 0) is 4.79 Å². The van der Waals surface area contributed by atoms with Crippen molar-refractivity contribution in [3.05, 3.63) is 35.4 Å². The minimum atomic E-state index is -0.673. The van der Waals surface area contributed by atoms with Crippen LogP contribution >= 0.6 is 0 Å². The molecular weight excluding hydrogens is 188 g/mol. The molecule has 2 rings (SSSR count). The van der Waals surface area contributed by atoms with Gasteiger partial charge in [-0.05, 0) is 23.5 Å². The molecule has 0 saturated heterocycles. The van der Waals surface area contributed by atoms with Crippen LogP contribution in [0.3, 0.4) is 0 Å². The number of benzene rings is 1. The molecule has 1 aliphatic carbocycles. The fraction of sp³-hybridized carbons (Fsp3) is 0.462. The zero-order chi connectivity index (χ0) is 11.2. The van der Waals surface area contributed by atoms with E-state index >= 15 is 0 Å². The van der Waals surface area contributed by atoms with Gasteiger partial charge in [0.15, 0.2) is 0 Å². The van der Waals surface area contributed by atoms with Crippen LogP contribution in [0.15, 0.2) is 24.3 Å². The summed E-state index contributed by atoms with van der Waals surface area (Å²) in [6, 6.07) is 8.06. The third-order valence-corrected chi connectivity index (χ3v) is 3.62. The topological polar surface area (TPSA) is 37.3 Å². The van der Waals surface area contributed by atoms with Gasteiger partial charge in [-0.15, -0.1) is 0 Å². The van der Waals surface area contributed by atoms with E-state index in [1.54, 1.807) is 0 Å². The van der Waals surface area contributed by atoms with Gasteiger partial charge in [0.1, 0.15) is 0 Å². The molecule has 0 heterocycles. The summed E-state index contributed by atoms with van der Waals surface area (Å²) >= 11 is 0. The molecule has 1 fully saturated rings. The maximum atomic E-state index is 11.1. The van der Waals surface area contributed by atoms with Crippen LogP contribution in [-0.4, -0.2) is 11.1 Å². The Balaban J connectivity index is 2.36. The number of aliphatic carboxylic acids is 1. The number of carboxylic acid groups (broad SMARTS) is 1. The third kappa shape index (κ3) is 1.44. The summed E-state index contributed by atoms with van der Waals surface area (Å²) in [5.74, 6) is -0.719. The van der Waals surface area contributed by atoms with Gasteiger partial charge in [0.05, 0.1) is 5.92 Å². The van der Waals surface area contributed by atoms with Gasteiger partial charge in [0, 0.05) is 5.92 Å². The SMILES string of the molecule is Cc1ccccc1[C@H]1[C@H](C(=O)O)C1(C)C. The van der Waals surface area contributed by atoms with Gasteiger partial charge in [0.2, 0.25) is 0 Å². The van der Waals surface area contributed by atoms with E-state index in [1.807, 2.05) is 45.0 Å². The Hall–Kier alpha value is -1.31. The first-order valence-corrected chi connectivity index (χ1v) is 5.24. The maximum absolute atomic E-state index is 11.1. The molecule has 0 aromatic heterocycles. The number of hydrogen-bond donors (Lipinski definition) is 1. The largest absolute Gasteiger partial charge is 0.481 e. The average molecular weight is 204 g/mol. The Kier molecular flexibility index (Phi) is 2.10. The molecule has 80 valence electrons. The lowest BCUT2D eigenvalue weighted by Crippen LogP contribution is -2.03. The van der Waals surface area contributed by atoms with Crippen molar-refractivity contribution in [1.29, 1.82) is 0 Å². The van der Waals surface area contributed by atoms with Crippen molar-refractivity contribution in [2.45, 2.75) is 26.7 Å². The van der Waals surface area contributed by atoms with Crippen LogP contribution in [0.5, 0.6) is 0 Å². The van der Waals surface area contributed by atoms with Crippen molar-refractivity contribution in [3.8, 4) is 0 Å². The van der Waals surface area contributed by atoms with Gasteiger partial charge in [0.25, 0.3) is 0 Å². The number of aryl methyl sites for hydroxylation is 1. The molecule has 0 radical (unpaired) electrons. The predicted octanol–water partition coefficient (Wildman–Crippen LogP) is 2.82. The van der Waals surface area contributed by atoms with Gasteiger partial charge in [-0.3, -0.25) is 4.79 Å². The Morgan fingerprint density at radius 2 is 1.93 bits per heavy atom. The highest BCUT2D eigenvalue weighted by atomic mass is 16.4. The first-order chi connectivity index (χ1) is 6.96. The number of carbonyl (C=O) groups is 1. The van der Waals surface area contributed by atoms with E-state index in [-0.39, 0.29) is 17.3 Å². The summed E-state index contributed by atoms with van der Waals surface area (Å²) in [6.45, 7) is 6.11. The van der Waals surface area contributed by atoms with Gasteiger partial charge in [-0.1, -0.05) is 38.1 Å². The van der Waals surface area contributed by atoms with Crippen molar-refractivity contribution in [2.24, 2.45) is 11.3 Å². The van der Waals surface area contributed by atoms with Crippen LogP contribution < -0.4 is 0 Å². The Bertz CT molecular complexity index is 407. The standard InChI is InChI=1S/C13H16O2/c1-8-6-4-5-7-9(8)10-11(12(14)15)13(10,2)3/h4-7,10-11H,1-3H3,(H,14,15)/t10-,11+/m0/s1. The van der Waals surface area contributed by atoms with Crippen molar-refractivity contribution in [2.75, 3.05) is 0 Å². The van der Waals surface area contributed by atoms with Gasteiger partial charge < -0.3 is 5.11 Å². The molecule has 2 heteroatoms. The summed E-state index contributed by atoms with van der Waals surface area (Å²) in [7, 11) is 0. The van der Waals surface area contributed by atoms with Gasteiger partial charge >= 0.3 is 5.97 Å². The zero-order valence-electron chi connectivity index (χ0n) is 9.32. The van der Waals surface area contributed by atoms with E-state index in [0.29, 0.717) is 0 Å². The first-order valence-electron chi connectivity index (χ1n) is 5.24. The molecule has 0 aliphatic heterocycles. The highest BCUT2D eigenvalue weighted by Gasteiger charge is 2.62. The normalized spacial score (nSPS) is 27.4. The van der Waals surface area contributed by atoms with Gasteiger partial charge in [-0.25, -0.2) is 0 Å². The van der Waals surface area contributed by atoms with Crippen molar-refractivity contribution >= 4 is 5.97 Å². The monoisotopic (exact) mass is 204 g/mol. The van der Waals surface area contributed by atoms with Crippen LogP contribution in [0.4, 0.5) is 0 Å². The second kappa shape index (κ2) is 3.09. The van der Waals surface area contributed by atoms with Crippen LogP contribution in [0.2, 0.25) is 0 Å². The summed E-state index contributed by atoms with van der Waals surface area (Å²) in [6.07, 6.45) is 0.